The van der Waals surface area contributed by atoms with Gasteiger partial charge >= 0.3 is 0 Å². The third kappa shape index (κ3) is 5.71. The summed E-state index contributed by atoms with van der Waals surface area (Å²) in [6, 6.07) is 9.93. The van der Waals surface area contributed by atoms with Crippen molar-refractivity contribution in [1.29, 1.82) is 0 Å². The second kappa shape index (κ2) is 10.1. The highest BCUT2D eigenvalue weighted by Gasteiger charge is 2.32. The maximum atomic E-state index is 11.4. The van der Waals surface area contributed by atoms with Gasteiger partial charge in [-0.2, -0.15) is 4.08 Å². The number of nitrogens with zero attached hydrogens (tertiary/aromatic N) is 3. The fourth-order valence-corrected chi connectivity index (χ4v) is 9.98. The Morgan fingerprint density at radius 2 is 1.92 bits per heavy atom. The van der Waals surface area contributed by atoms with Crippen LogP contribution < -0.4 is 4.31 Å². The summed E-state index contributed by atoms with van der Waals surface area (Å²) in [6.07, 6.45) is 1.83. The first-order chi connectivity index (χ1) is 11.3. The fraction of sp³-hybridized carbons (Fsp3) is 0.467. The molecular formula is C15H24N3OPS4. The van der Waals surface area contributed by atoms with Gasteiger partial charge in [-0.25, -0.2) is 0 Å². The molecule has 24 heavy (non-hydrogen) atoms. The van der Waals surface area contributed by atoms with Gasteiger partial charge in [0.05, 0.1) is 22.8 Å². The number of amides is 1. The Labute approximate surface area is 164 Å². The molecule has 0 N–H and O–H groups in total. The lowest BCUT2D eigenvalue weighted by atomic mass is 10.3. The number of benzene rings is 1. The molecule has 0 aromatic heterocycles. The average molecular weight is 422 g/mol. The van der Waals surface area contributed by atoms with Crippen LogP contribution in [0, 0.1) is 0 Å². The molecule has 0 saturated heterocycles. The first-order valence-electron chi connectivity index (χ1n) is 7.51. The van der Waals surface area contributed by atoms with Crippen LogP contribution in [0.5, 0.6) is 0 Å². The minimum Gasteiger partial charge on any atom is -0.300 e. The van der Waals surface area contributed by atoms with Crippen molar-refractivity contribution in [2.24, 2.45) is 0 Å². The number of hydrogen-bond acceptors (Lipinski definition) is 5. The minimum atomic E-state index is -2.28. The highest BCUT2D eigenvalue weighted by Crippen LogP contribution is 2.67. The lowest BCUT2D eigenvalue weighted by Gasteiger charge is -2.38. The first-order valence-corrected chi connectivity index (χ1v) is 12.8. The molecule has 0 aliphatic rings. The lowest BCUT2D eigenvalue weighted by molar-refractivity contribution is -0.113. The summed E-state index contributed by atoms with van der Waals surface area (Å²) in [4.78, 5) is 12.2. The molecule has 0 saturated carbocycles. The zero-order valence-electron chi connectivity index (χ0n) is 14.6. The van der Waals surface area contributed by atoms with Crippen LogP contribution >= 0.6 is 41.3 Å². The molecule has 0 bridgehead atoms. The first kappa shape index (κ1) is 21.9. The van der Waals surface area contributed by atoms with E-state index in [9.17, 15) is 4.79 Å². The molecule has 0 aliphatic heterocycles. The number of carbonyl (C=O) groups is 1. The third-order valence-electron chi connectivity index (χ3n) is 3.28. The normalized spacial score (nSPS) is 14.8. The van der Waals surface area contributed by atoms with Gasteiger partial charge in [-0.05, 0) is 37.3 Å². The Hall–Kier alpha value is -0.110. The molecule has 0 fully saturated rings. The molecule has 9 heteroatoms. The Morgan fingerprint density at radius 3 is 2.38 bits per heavy atom. The zero-order chi connectivity index (χ0) is 18.3. The van der Waals surface area contributed by atoms with Crippen molar-refractivity contribution in [3.8, 4) is 0 Å². The van der Waals surface area contributed by atoms with Gasteiger partial charge in [-0.1, -0.05) is 55.6 Å². The van der Waals surface area contributed by atoms with E-state index in [1.807, 2.05) is 52.7 Å². The largest absolute Gasteiger partial charge is 0.300 e. The van der Waals surface area contributed by atoms with Gasteiger partial charge in [0.2, 0.25) is 6.41 Å². The summed E-state index contributed by atoms with van der Waals surface area (Å²) in [7, 11) is 3.70. The van der Waals surface area contributed by atoms with Crippen molar-refractivity contribution in [3.63, 3.8) is 0 Å². The highest BCUT2D eigenvalue weighted by atomic mass is 32.9. The number of rotatable bonds is 9. The van der Waals surface area contributed by atoms with Gasteiger partial charge < -0.3 is 4.67 Å². The number of carbonyl (C=O) groups excluding carboxylic acids is 1. The summed E-state index contributed by atoms with van der Waals surface area (Å²) < 4.78 is 5.61. The average Bonchev–Trinajstić information content (AvgIpc) is 2.58. The van der Waals surface area contributed by atoms with Crippen molar-refractivity contribution < 1.29 is 4.79 Å². The standard InChI is InChI=1S/C15H24N3OPS4/c1-6-13(2)23-20(22,16(4)12-19)17(5)24-18(14(3)21)15-10-8-7-9-11-15/h7-13H,6H2,1-5H3. The van der Waals surface area contributed by atoms with E-state index >= 15 is 0 Å². The minimum absolute atomic E-state index is 0.375. The van der Waals surface area contributed by atoms with Gasteiger partial charge in [-0.15, -0.1) is 0 Å². The summed E-state index contributed by atoms with van der Waals surface area (Å²) >= 11 is 14.5. The third-order valence-corrected chi connectivity index (χ3v) is 14.3. The molecule has 134 valence electrons. The Bertz CT molecular complexity index is 602. The van der Waals surface area contributed by atoms with E-state index in [1.54, 1.807) is 23.1 Å². The van der Waals surface area contributed by atoms with Crippen molar-refractivity contribution in [2.45, 2.75) is 32.4 Å². The molecule has 1 amide bonds. The van der Waals surface area contributed by atoms with Gasteiger partial charge in [0.1, 0.15) is 0 Å². The Balaban J connectivity index is 3.09. The van der Waals surface area contributed by atoms with Crippen molar-refractivity contribution in [2.75, 3.05) is 18.4 Å². The summed E-state index contributed by atoms with van der Waals surface area (Å²) in [6.45, 7) is 6.16. The molecule has 2 unspecified atom stereocenters. The molecule has 1 rings (SSSR count). The van der Waals surface area contributed by atoms with Gasteiger partial charge in [-0.3, -0.25) is 9.10 Å². The summed E-state index contributed by atoms with van der Waals surface area (Å²) in [5.74, 6) is 0. The molecule has 0 aliphatic carbocycles. The van der Waals surface area contributed by atoms with Gasteiger partial charge in [0.15, 0.2) is 5.54 Å². The van der Waals surface area contributed by atoms with E-state index < -0.39 is 5.54 Å². The number of thiocarbonyl (C=S) groups is 1. The van der Waals surface area contributed by atoms with Gasteiger partial charge in [0, 0.05) is 19.3 Å². The molecule has 2 atom stereocenters. The monoisotopic (exact) mass is 421 g/mol. The second-order valence-corrected chi connectivity index (χ2v) is 14.7. The van der Waals surface area contributed by atoms with Crippen LogP contribution in [0.2, 0.25) is 0 Å². The van der Waals surface area contributed by atoms with E-state index in [0.29, 0.717) is 5.25 Å². The van der Waals surface area contributed by atoms with Crippen LogP contribution in [0.3, 0.4) is 0 Å². The van der Waals surface area contributed by atoms with Crippen LogP contribution in [-0.4, -0.2) is 39.5 Å². The maximum Gasteiger partial charge on any atom is 0.214 e. The summed E-state index contributed by atoms with van der Waals surface area (Å²) in [5, 5.41) is 0.375. The molecule has 1 aromatic rings. The van der Waals surface area contributed by atoms with E-state index in [2.05, 4.69) is 13.8 Å². The molecule has 0 radical (unpaired) electrons. The van der Waals surface area contributed by atoms with E-state index in [4.69, 9.17) is 24.0 Å². The second-order valence-electron chi connectivity index (χ2n) is 5.19. The van der Waals surface area contributed by atoms with Crippen LogP contribution in [0.25, 0.3) is 0 Å². The van der Waals surface area contributed by atoms with E-state index in [0.717, 1.165) is 23.5 Å². The molecule has 4 nitrogen and oxygen atoms in total. The number of para-hydroxylation sites is 1. The van der Waals surface area contributed by atoms with Crippen LogP contribution in [-0.2, 0) is 16.6 Å². The highest BCUT2D eigenvalue weighted by molar-refractivity contribution is 8.70. The van der Waals surface area contributed by atoms with Crippen molar-refractivity contribution in [1.82, 2.24) is 8.75 Å². The molecular weight excluding hydrogens is 397 g/mol. The molecule has 0 spiro atoms. The quantitative estimate of drug-likeness (QED) is 0.235. The number of hydrogen-bond donors (Lipinski definition) is 0. The Kier molecular flexibility index (Phi) is 9.27. The van der Waals surface area contributed by atoms with E-state index in [-0.39, 0.29) is 0 Å². The van der Waals surface area contributed by atoms with Crippen LogP contribution in [0.4, 0.5) is 5.69 Å². The predicted molar refractivity (Wildman–Crippen MR) is 118 cm³/mol. The Morgan fingerprint density at radius 1 is 1.33 bits per heavy atom. The maximum absolute atomic E-state index is 11.4. The SMILES string of the molecule is CCC(C)SP(=S)(N(C)C=O)N(C)SN(C(C)=S)c1ccccc1. The predicted octanol–water partition coefficient (Wildman–Crippen LogP) is 5.18. The van der Waals surface area contributed by atoms with Crippen molar-refractivity contribution in [3.05, 3.63) is 30.3 Å². The fourth-order valence-electron chi connectivity index (χ4n) is 1.72. The van der Waals surface area contributed by atoms with Crippen LogP contribution in [0.1, 0.15) is 27.2 Å². The zero-order valence-corrected chi connectivity index (χ0v) is 18.7. The van der Waals surface area contributed by atoms with E-state index in [1.165, 1.54) is 12.1 Å². The lowest BCUT2D eigenvalue weighted by Crippen LogP contribution is -2.28. The van der Waals surface area contributed by atoms with Gasteiger partial charge in [0.25, 0.3) is 0 Å². The topological polar surface area (TPSA) is 26.8 Å². The molecule has 1 aromatic carbocycles. The molecule has 0 heterocycles. The smallest absolute Gasteiger partial charge is 0.214 e. The number of anilines is 1. The summed E-state index contributed by atoms with van der Waals surface area (Å²) in [5.41, 5.74) is -1.29. The van der Waals surface area contributed by atoms with Crippen molar-refractivity contribution >= 4 is 70.2 Å². The van der Waals surface area contributed by atoms with Crippen LogP contribution in [0.15, 0.2) is 30.3 Å².